The first-order valence-electron chi connectivity index (χ1n) is 7.36. The Kier molecular flexibility index (Phi) is 4.32. The Labute approximate surface area is 135 Å². The third-order valence-electron chi connectivity index (χ3n) is 3.38. The fourth-order valence-electron chi connectivity index (χ4n) is 2.13. The Hall–Kier alpha value is -2.56. The van der Waals surface area contributed by atoms with E-state index >= 15 is 0 Å². The Bertz CT molecular complexity index is 748. The van der Waals surface area contributed by atoms with E-state index in [-0.39, 0.29) is 0 Å². The molecule has 23 heavy (non-hydrogen) atoms. The average Bonchev–Trinajstić information content (AvgIpc) is 2.45. The molecule has 0 heterocycles. The van der Waals surface area contributed by atoms with Crippen LogP contribution in [0, 0.1) is 0 Å². The van der Waals surface area contributed by atoms with Crippen LogP contribution >= 0.6 is 0 Å². The zero-order valence-electron chi connectivity index (χ0n) is 13.7. The molecule has 2 aromatic carbocycles. The van der Waals surface area contributed by atoms with Crippen LogP contribution in [-0.2, 0) is 14.3 Å². The highest BCUT2D eigenvalue weighted by molar-refractivity contribution is 6.07. The minimum absolute atomic E-state index is 0.541. The van der Waals surface area contributed by atoms with Gasteiger partial charge in [0.15, 0.2) is 0 Å². The van der Waals surface area contributed by atoms with E-state index < -0.39 is 23.1 Å². The van der Waals surface area contributed by atoms with E-state index in [0.29, 0.717) is 5.69 Å². The summed E-state index contributed by atoms with van der Waals surface area (Å²) in [7, 11) is 0. The average molecular weight is 315 g/mol. The van der Waals surface area contributed by atoms with Crippen LogP contribution in [0.1, 0.15) is 27.7 Å². The van der Waals surface area contributed by atoms with Gasteiger partial charge in [-0.1, -0.05) is 30.3 Å². The summed E-state index contributed by atoms with van der Waals surface area (Å²) in [6, 6.07) is 13.1. The van der Waals surface area contributed by atoms with Gasteiger partial charge in [0.2, 0.25) is 5.54 Å². The van der Waals surface area contributed by atoms with Gasteiger partial charge in [0.05, 0.1) is 0 Å². The van der Waals surface area contributed by atoms with Crippen LogP contribution in [0.5, 0.6) is 0 Å². The summed E-state index contributed by atoms with van der Waals surface area (Å²) in [5, 5.41) is 14.3. The van der Waals surface area contributed by atoms with E-state index in [2.05, 4.69) is 5.32 Å². The molecule has 0 fully saturated rings. The molecule has 2 aromatic rings. The number of carboxylic acids is 1. The lowest BCUT2D eigenvalue weighted by atomic mass is 10.0. The predicted molar refractivity (Wildman–Crippen MR) is 89.5 cm³/mol. The van der Waals surface area contributed by atoms with Crippen molar-refractivity contribution in [1.29, 1.82) is 0 Å². The Morgan fingerprint density at radius 1 is 1.00 bits per heavy atom. The van der Waals surface area contributed by atoms with E-state index in [0.717, 1.165) is 10.8 Å². The van der Waals surface area contributed by atoms with Crippen molar-refractivity contribution in [3.63, 3.8) is 0 Å². The van der Waals surface area contributed by atoms with E-state index in [1.807, 2.05) is 30.3 Å². The topological polar surface area (TPSA) is 75.6 Å². The van der Waals surface area contributed by atoms with E-state index in [9.17, 15) is 14.7 Å². The highest BCUT2D eigenvalue weighted by Gasteiger charge is 2.44. The van der Waals surface area contributed by atoms with Gasteiger partial charge in [-0.3, -0.25) is 0 Å². The number of hydrogen-bond donors (Lipinski definition) is 2. The SMILES string of the molecule is CC(C)(C)OC(=O)[C@@](C)(Nc1ccc2ccccc2c1)C(=O)O. The van der Waals surface area contributed by atoms with Gasteiger partial charge in [0.1, 0.15) is 5.60 Å². The smallest absolute Gasteiger partial charge is 0.343 e. The minimum atomic E-state index is -1.87. The normalized spacial score (nSPS) is 14.1. The molecule has 122 valence electrons. The van der Waals surface area contributed by atoms with Crippen LogP contribution in [-0.4, -0.2) is 28.2 Å². The van der Waals surface area contributed by atoms with Gasteiger partial charge in [-0.2, -0.15) is 0 Å². The maximum absolute atomic E-state index is 12.3. The molecule has 0 amide bonds. The van der Waals surface area contributed by atoms with Crippen molar-refractivity contribution in [1.82, 2.24) is 0 Å². The molecule has 5 heteroatoms. The number of carbonyl (C=O) groups is 2. The number of hydrogen-bond acceptors (Lipinski definition) is 4. The summed E-state index contributed by atoms with van der Waals surface area (Å²) in [4.78, 5) is 24.0. The number of fused-ring (bicyclic) bond motifs is 1. The number of carboxylic acid groups (broad SMARTS) is 1. The third kappa shape index (κ3) is 3.80. The van der Waals surface area contributed by atoms with Gasteiger partial charge < -0.3 is 15.2 Å². The summed E-state index contributed by atoms with van der Waals surface area (Å²) >= 11 is 0. The van der Waals surface area contributed by atoms with E-state index in [1.54, 1.807) is 32.9 Å². The van der Waals surface area contributed by atoms with Crippen LogP contribution < -0.4 is 5.32 Å². The standard InChI is InChI=1S/C18H21NO4/c1-17(2,3)23-16(22)18(4,15(20)21)19-14-10-9-12-7-5-6-8-13(12)11-14/h5-11,19H,1-4H3,(H,20,21)/t18-/m0/s1. The molecule has 0 aliphatic carbocycles. The largest absolute Gasteiger partial charge is 0.479 e. The molecule has 0 spiro atoms. The second kappa shape index (κ2) is 5.91. The highest BCUT2D eigenvalue weighted by Crippen LogP contribution is 2.24. The number of rotatable bonds is 4. The fourth-order valence-corrected chi connectivity index (χ4v) is 2.13. The Morgan fingerprint density at radius 2 is 1.61 bits per heavy atom. The van der Waals surface area contributed by atoms with Crippen molar-refractivity contribution in [3.05, 3.63) is 42.5 Å². The number of benzene rings is 2. The van der Waals surface area contributed by atoms with Crippen LogP contribution in [0.3, 0.4) is 0 Å². The van der Waals surface area contributed by atoms with Crippen LogP contribution in [0.15, 0.2) is 42.5 Å². The first kappa shape index (κ1) is 16.8. The second-order valence-corrected chi connectivity index (χ2v) is 6.62. The van der Waals surface area contributed by atoms with Gasteiger partial charge in [-0.25, -0.2) is 9.59 Å². The summed E-state index contributed by atoms with van der Waals surface area (Å²) in [6.45, 7) is 6.40. The van der Waals surface area contributed by atoms with Gasteiger partial charge >= 0.3 is 11.9 Å². The predicted octanol–water partition coefficient (Wildman–Crippen LogP) is 3.44. The molecule has 2 N–H and O–H groups in total. The molecule has 5 nitrogen and oxygen atoms in total. The molecule has 0 aromatic heterocycles. The Balaban J connectivity index is 2.33. The number of anilines is 1. The van der Waals surface area contributed by atoms with Crippen LogP contribution in [0.2, 0.25) is 0 Å². The molecule has 0 unspecified atom stereocenters. The summed E-state index contributed by atoms with van der Waals surface area (Å²) in [5.41, 5.74) is -2.09. The molecule has 1 atom stereocenters. The molecule has 2 rings (SSSR count). The van der Waals surface area contributed by atoms with E-state index in [4.69, 9.17) is 4.74 Å². The van der Waals surface area contributed by atoms with Gasteiger partial charge in [0, 0.05) is 5.69 Å². The first-order chi connectivity index (χ1) is 10.6. The van der Waals surface area contributed by atoms with Crippen molar-refractivity contribution >= 4 is 28.4 Å². The van der Waals surface area contributed by atoms with Crippen LogP contribution in [0.4, 0.5) is 5.69 Å². The molecular formula is C18H21NO4. The van der Waals surface area contributed by atoms with Crippen molar-refractivity contribution in [3.8, 4) is 0 Å². The number of ether oxygens (including phenoxy) is 1. The lowest BCUT2D eigenvalue weighted by Gasteiger charge is -2.29. The fraction of sp³-hybridized carbons (Fsp3) is 0.333. The monoisotopic (exact) mass is 315 g/mol. The van der Waals surface area contributed by atoms with Crippen molar-refractivity contribution in [2.24, 2.45) is 0 Å². The summed E-state index contributed by atoms with van der Waals surface area (Å²) in [6.07, 6.45) is 0. The molecule has 0 aliphatic heterocycles. The Morgan fingerprint density at radius 3 is 2.17 bits per heavy atom. The zero-order valence-corrected chi connectivity index (χ0v) is 13.7. The number of nitrogens with one attached hydrogen (secondary N) is 1. The van der Waals surface area contributed by atoms with Crippen molar-refractivity contribution in [2.75, 3.05) is 5.32 Å². The molecule has 0 aliphatic rings. The molecule has 0 bridgehead atoms. The molecule has 0 saturated carbocycles. The maximum atomic E-state index is 12.3. The molecule has 0 saturated heterocycles. The summed E-state index contributed by atoms with van der Waals surface area (Å²) < 4.78 is 5.24. The quantitative estimate of drug-likeness (QED) is 0.668. The van der Waals surface area contributed by atoms with Gasteiger partial charge in [0.25, 0.3) is 0 Å². The number of carbonyl (C=O) groups excluding carboxylic acids is 1. The highest BCUT2D eigenvalue weighted by atomic mass is 16.6. The van der Waals surface area contributed by atoms with Gasteiger partial charge in [-0.05, 0) is 50.6 Å². The lowest BCUT2D eigenvalue weighted by molar-refractivity contribution is -0.166. The second-order valence-electron chi connectivity index (χ2n) is 6.62. The molecule has 0 radical (unpaired) electrons. The van der Waals surface area contributed by atoms with Crippen molar-refractivity contribution < 1.29 is 19.4 Å². The zero-order chi connectivity index (χ0) is 17.3. The third-order valence-corrected chi connectivity index (χ3v) is 3.38. The number of aliphatic carboxylic acids is 1. The first-order valence-corrected chi connectivity index (χ1v) is 7.36. The number of esters is 1. The maximum Gasteiger partial charge on any atom is 0.343 e. The summed E-state index contributed by atoms with van der Waals surface area (Å²) in [5.74, 6) is -2.12. The van der Waals surface area contributed by atoms with Gasteiger partial charge in [-0.15, -0.1) is 0 Å². The van der Waals surface area contributed by atoms with Crippen LogP contribution in [0.25, 0.3) is 10.8 Å². The lowest BCUT2D eigenvalue weighted by Crippen LogP contribution is -2.53. The molecular weight excluding hydrogens is 294 g/mol. The van der Waals surface area contributed by atoms with Crippen molar-refractivity contribution in [2.45, 2.75) is 38.8 Å². The minimum Gasteiger partial charge on any atom is -0.479 e. The van der Waals surface area contributed by atoms with E-state index in [1.165, 1.54) is 6.92 Å².